The summed E-state index contributed by atoms with van der Waals surface area (Å²) in [6, 6.07) is 5.40. The Morgan fingerprint density at radius 2 is 1.86 bits per heavy atom. The van der Waals surface area contributed by atoms with Crippen molar-refractivity contribution in [3.63, 3.8) is 0 Å². The van der Waals surface area contributed by atoms with Gasteiger partial charge in [0.1, 0.15) is 17.3 Å². The number of imidazole rings is 1. The Balaban J connectivity index is 1.41. The summed E-state index contributed by atoms with van der Waals surface area (Å²) in [7, 11) is 6.71. The predicted molar refractivity (Wildman–Crippen MR) is 135 cm³/mol. The number of aromatic nitrogens is 4. The number of likely N-dealkylation sites (N-methyl/N-ethyl adjacent to an activating group) is 1. The molecule has 36 heavy (non-hydrogen) atoms. The van der Waals surface area contributed by atoms with Gasteiger partial charge in [-0.2, -0.15) is 4.98 Å². The van der Waals surface area contributed by atoms with Gasteiger partial charge in [-0.25, -0.2) is 9.97 Å². The SMILES string of the molecule is COc1cc(CNC(=O)CC2CN(c3cc(Cl)nc(-n4ccnc4)n3)CCN2C)cc(OC)c1OC. The van der Waals surface area contributed by atoms with Crippen molar-refractivity contribution < 1.29 is 19.0 Å². The molecule has 1 amide bonds. The number of carbonyl (C=O) groups excluding carboxylic acids is 1. The van der Waals surface area contributed by atoms with Crippen molar-refractivity contribution in [2.75, 3.05) is 52.9 Å². The lowest BCUT2D eigenvalue weighted by Gasteiger charge is -2.39. The molecule has 1 unspecified atom stereocenters. The molecule has 0 saturated carbocycles. The fourth-order valence-electron chi connectivity index (χ4n) is 4.15. The van der Waals surface area contributed by atoms with Crippen molar-refractivity contribution in [3.05, 3.63) is 47.6 Å². The van der Waals surface area contributed by atoms with Crippen LogP contribution in [-0.2, 0) is 11.3 Å². The molecule has 4 rings (SSSR count). The third kappa shape index (κ3) is 5.80. The van der Waals surface area contributed by atoms with Crippen LogP contribution in [0.3, 0.4) is 0 Å². The number of amides is 1. The number of rotatable bonds is 9. The van der Waals surface area contributed by atoms with E-state index in [1.54, 1.807) is 50.7 Å². The van der Waals surface area contributed by atoms with Gasteiger partial charge in [-0.3, -0.25) is 14.3 Å². The maximum absolute atomic E-state index is 12.9. The molecule has 192 valence electrons. The molecule has 1 aliphatic heterocycles. The number of benzene rings is 1. The second-order valence-electron chi connectivity index (χ2n) is 8.41. The maximum Gasteiger partial charge on any atom is 0.238 e. The van der Waals surface area contributed by atoms with E-state index in [9.17, 15) is 4.79 Å². The minimum absolute atomic E-state index is 0.00382. The van der Waals surface area contributed by atoms with E-state index in [0.29, 0.717) is 47.9 Å². The number of nitrogens with one attached hydrogen (secondary N) is 1. The number of hydrogen-bond donors (Lipinski definition) is 1. The van der Waals surface area contributed by atoms with Crippen molar-refractivity contribution in [2.24, 2.45) is 0 Å². The highest BCUT2D eigenvalue weighted by Crippen LogP contribution is 2.38. The van der Waals surface area contributed by atoms with Crippen molar-refractivity contribution >= 4 is 23.3 Å². The first kappa shape index (κ1) is 25.5. The van der Waals surface area contributed by atoms with Gasteiger partial charge in [0.25, 0.3) is 0 Å². The Morgan fingerprint density at radius 3 is 2.50 bits per heavy atom. The van der Waals surface area contributed by atoms with Crippen molar-refractivity contribution in [3.8, 4) is 23.2 Å². The minimum atomic E-state index is -0.0534. The summed E-state index contributed by atoms with van der Waals surface area (Å²) >= 11 is 6.29. The highest BCUT2D eigenvalue weighted by Gasteiger charge is 2.28. The maximum atomic E-state index is 12.9. The van der Waals surface area contributed by atoms with Gasteiger partial charge >= 0.3 is 0 Å². The number of carbonyl (C=O) groups is 1. The molecule has 0 radical (unpaired) electrons. The third-order valence-electron chi connectivity index (χ3n) is 6.14. The van der Waals surface area contributed by atoms with Gasteiger partial charge in [-0.1, -0.05) is 11.6 Å². The van der Waals surface area contributed by atoms with Crippen LogP contribution in [0.15, 0.2) is 36.9 Å². The Bertz CT molecular complexity index is 1170. The Hall–Kier alpha value is -3.57. The van der Waals surface area contributed by atoms with Gasteiger partial charge < -0.3 is 24.4 Å². The van der Waals surface area contributed by atoms with E-state index in [1.165, 1.54) is 0 Å². The molecule has 1 saturated heterocycles. The van der Waals surface area contributed by atoms with E-state index in [4.69, 9.17) is 25.8 Å². The fraction of sp³-hybridized carbons (Fsp3) is 0.417. The van der Waals surface area contributed by atoms with Crippen LogP contribution in [0.1, 0.15) is 12.0 Å². The number of ether oxygens (including phenoxy) is 3. The summed E-state index contributed by atoms with van der Waals surface area (Å²) < 4.78 is 17.9. The predicted octanol–water partition coefficient (Wildman–Crippen LogP) is 2.17. The molecule has 3 heterocycles. The zero-order chi connectivity index (χ0) is 25.7. The standard InChI is InChI=1S/C24H30ClN7O4/c1-30-7-8-31(21-12-20(25)28-24(29-21)32-6-5-26-15-32)14-17(30)11-22(33)27-13-16-9-18(34-2)23(36-4)19(10-16)35-3/h5-6,9-10,12,15,17H,7-8,11,13-14H2,1-4H3,(H,27,33). The lowest BCUT2D eigenvalue weighted by atomic mass is 10.1. The van der Waals surface area contributed by atoms with Gasteiger partial charge in [0.2, 0.25) is 17.6 Å². The molecule has 1 aromatic carbocycles. The summed E-state index contributed by atoms with van der Waals surface area (Å²) in [4.78, 5) is 30.2. The van der Waals surface area contributed by atoms with Crippen molar-refractivity contribution in [2.45, 2.75) is 19.0 Å². The van der Waals surface area contributed by atoms with Gasteiger partial charge in [-0.15, -0.1) is 0 Å². The van der Waals surface area contributed by atoms with E-state index in [0.717, 1.165) is 24.5 Å². The molecule has 0 spiro atoms. The highest BCUT2D eigenvalue weighted by atomic mass is 35.5. The molecule has 1 aliphatic rings. The second-order valence-corrected chi connectivity index (χ2v) is 8.80. The fourth-order valence-corrected chi connectivity index (χ4v) is 4.32. The summed E-state index contributed by atoms with van der Waals surface area (Å²) in [6.45, 7) is 2.51. The largest absolute Gasteiger partial charge is 0.493 e. The van der Waals surface area contributed by atoms with Crippen LogP contribution in [0.5, 0.6) is 17.2 Å². The summed E-state index contributed by atoms with van der Waals surface area (Å²) in [5.74, 6) is 2.72. The number of methoxy groups -OCH3 is 3. The lowest BCUT2D eigenvalue weighted by molar-refractivity contribution is -0.122. The minimum Gasteiger partial charge on any atom is -0.493 e. The monoisotopic (exact) mass is 515 g/mol. The smallest absolute Gasteiger partial charge is 0.238 e. The molecule has 1 atom stereocenters. The Labute approximate surface area is 215 Å². The van der Waals surface area contributed by atoms with Crippen LogP contribution in [0.25, 0.3) is 5.95 Å². The lowest BCUT2D eigenvalue weighted by Crippen LogP contribution is -2.53. The Morgan fingerprint density at radius 1 is 1.11 bits per heavy atom. The van der Waals surface area contributed by atoms with Crippen LogP contribution < -0.4 is 24.4 Å². The molecule has 0 aliphatic carbocycles. The average molecular weight is 516 g/mol. The molecule has 2 aromatic heterocycles. The molecule has 12 heteroatoms. The molecule has 0 bridgehead atoms. The zero-order valence-electron chi connectivity index (χ0n) is 20.8. The number of halogens is 1. The first-order valence-electron chi connectivity index (χ1n) is 11.5. The number of nitrogens with zero attached hydrogens (tertiary/aromatic N) is 6. The van der Waals surface area contributed by atoms with E-state index in [-0.39, 0.29) is 11.9 Å². The summed E-state index contributed by atoms with van der Waals surface area (Å²) in [5, 5.41) is 3.35. The van der Waals surface area contributed by atoms with Crippen LogP contribution in [-0.4, -0.2) is 84.4 Å². The summed E-state index contributed by atoms with van der Waals surface area (Å²) in [5.41, 5.74) is 0.846. The first-order valence-corrected chi connectivity index (χ1v) is 11.8. The topological polar surface area (TPSA) is 107 Å². The molecule has 3 aromatic rings. The molecular formula is C24H30ClN7O4. The van der Waals surface area contributed by atoms with E-state index < -0.39 is 0 Å². The van der Waals surface area contributed by atoms with Crippen LogP contribution in [0.4, 0.5) is 5.82 Å². The summed E-state index contributed by atoms with van der Waals surface area (Å²) in [6.07, 6.45) is 5.39. The molecular weight excluding hydrogens is 486 g/mol. The normalized spacial score (nSPS) is 16.0. The van der Waals surface area contributed by atoms with E-state index >= 15 is 0 Å². The van der Waals surface area contributed by atoms with Gasteiger partial charge in [0.05, 0.1) is 21.3 Å². The zero-order valence-corrected chi connectivity index (χ0v) is 21.5. The van der Waals surface area contributed by atoms with Crippen molar-refractivity contribution in [1.82, 2.24) is 29.7 Å². The first-order chi connectivity index (χ1) is 17.4. The van der Waals surface area contributed by atoms with Gasteiger partial charge in [0, 0.05) is 57.1 Å². The van der Waals surface area contributed by atoms with Crippen molar-refractivity contribution in [1.29, 1.82) is 0 Å². The third-order valence-corrected chi connectivity index (χ3v) is 6.33. The van der Waals surface area contributed by atoms with Crippen LogP contribution >= 0.6 is 11.6 Å². The number of hydrogen-bond acceptors (Lipinski definition) is 9. The highest BCUT2D eigenvalue weighted by molar-refractivity contribution is 6.29. The molecule has 1 fully saturated rings. The molecule has 11 nitrogen and oxygen atoms in total. The number of anilines is 1. The van der Waals surface area contributed by atoms with Crippen LogP contribution in [0, 0.1) is 0 Å². The quantitative estimate of drug-likeness (QED) is 0.429. The van der Waals surface area contributed by atoms with Gasteiger partial charge in [0.15, 0.2) is 11.5 Å². The van der Waals surface area contributed by atoms with E-state index in [2.05, 4.69) is 30.1 Å². The van der Waals surface area contributed by atoms with Gasteiger partial charge in [-0.05, 0) is 24.7 Å². The number of piperazine rings is 1. The van der Waals surface area contributed by atoms with Crippen LogP contribution in [0.2, 0.25) is 5.15 Å². The van der Waals surface area contributed by atoms with E-state index in [1.807, 2.05) is 19.2 Å². The molecule has 1 N–H and O–H groups in total. The average Bonchev–Trinajstić information content (AvgIpc) is 3.43. The second kappa shape index (κ2) is 11.4. The Kier molecular flexibility index (Phi) is 8.11.